The normalized spacial score (nSPS) is 10.4. The lowest BCUT2D eigenvalue weighted by Gasteiger charge is -2.06. The first-order chi connectivity index (χ1) is 6.08. The molecule has 68 valence electrons. The summed E-state index contributed by atoms with van der Waals surface area (Å²) in [6.07, 6.45) is 4.00. The fourth-order valence-corrected chi connectivity index (χ4v) is 0.823. The fraction of sp³-hybridized carbons (Fsp3) is 0.455. The summed E-state index contributed by atoms with van der Waals surface area (Å²) in [4.78, 5) is 7.93. The predicted molar refractivity (Wildman–Crippen MR) is 53.0 cm³/mol. The van der Waals surface area contributed by atoms with Crippen LogP contribution in [0.4, 0.5) is 0 Å². The van der Waals surface area contributed by atoms with Gasteiger partial charge in [0.2, 0.25) is 0 Å². The van der Waals surface area contributed by atoms with Gasteiger partial charge in [0, 0.05) is 11.6 Å². The molecule has 0 aliphatic heterocycles. The van der Waals surface area contributed by atoms with E-state index in [9.17, 15) is 0 Å². The average molecular weight is 174 g/mol. The highest BCUT2D eigenvalue weighted by Crippen LogP contribution is 2.09. The summed E-state index contributed by atoms with van der Waals surface area (Å²) in [5.74, 6) is 6.26. The zero-order chi connectivity index (χ0) is 9.73. The molecule has 1 rings (SSSR count). The molecule has 0 spiro atoms. The Morgan fingerprint density at radius 3 is 2.69 bits per heavy atom. The third-order valence-corrected chi connectivity index (χ3v) is 1.38. The van der Waals surface area contributed by atoms with Gasteiger partial charge in [-0.15, -0.1) is 0 Å². The van der Waals surface area contributed by atoms with Crippen molar-refractivity contribution in [2.45, 2.75) is 27.2 Å². The second kappa shape index (κ2) is 4.04. The van der Waals surface area contributed by atoms with E-state index in [4.69, 9.17) is 0 Å². The van der Waals surface area contributed by atoms with Gasteiger partial charge in [-0.2, -0.15) is 0 Å². The second-order valence-electron chi connectivity index (χ2n) is 3.93. The molecule has 0 saturated heterocycles. The third-order valence-electron chi connectivity index (χ3n) is 1.38. The van der Waals surface area contributed by atoms with Crippen LogP contribution < -0.4 is 0 Å². The number of hydrogen-bond acceptors (Lipinski definition) is 2. The van der Waals surface area contributed by atoms with Gasteiger partial charge in [0.25, 0.3) is 0 Å². The van der Waals surface area contributed by atoms with Crippen molar-refractivity contribution in [3.63, 3.8) is 0 Å². The minimum absolute atomic E-state index is 0.0764. The van der Waals surface area contributed by atoms with Crippen LogP contribution in [-0.2, 0) is 6.42 Å². The van der Waals surface area contributed by atoms with Gasteiger partial charge < -0.3 is 0 Å². The van der Waals surface area contributed by atoms with Crippen LogP contribution in [0.15, 0.2) is 18.6 Å². The first kappa shape index (κ1) is 9.73. The van der Waals surface area contributed by atoms with Crippen molar-refractivity contribution in [1.29, 1.82) is 0 Å². The lowest BCUT2D eigenvalue weighted by Crippen LogP contribution is -1.99. The SMILES string of the molecule is CC(C)(C)C#CCc1ccncn1. The van der Waals surface area contributed by atoms with E-state index >= 15 is 0 Å². The van der Waals surface area contributed by atoms with Gasteiger partial charge in [0.15, 0.2) is 0 Å². The molecule has 1 aromatic rings. The number of aromatic nitrogens is 2. The summed E-state index contributed by atoms with van der Waals surface area (Å²) in [6, 6.07) is 1.89. The molecule has 0 radical (unpaired) electrons. The monoisotopic (exact) mass is 174 g/mol. The minimum atomic E-state index is 0.0764. The van der Waals surface area contributed by atoms with Crippen LogP contribution in [0.2, 0.25) is 0 Å². The van der Waals surface area contributed by atoms with E-state index in [1.165, 1.54) is 0 Å². The molecule has 1 aromatic heterocycles. The van der Waals surface area contributed by atoms with Gasteiger partial charge in [0.1, 0.15) is 6.33 Å². The molecule has 2 nitrogen and oxygen atoms in total. The molecule has 0 fully saturated rings. The van der Waals surface area contributed by atoms with E-state index in [0.717, 1.165) is 5.69 Å². The van der Waals surface area contributed by atoms with Crippen molar-refractivity contribution in [3.8, 4) is 11.8 Å². The van der Waals surface area contributed by atoms with Crippen LogP contribution in [0.25, 0.3) is 0 Å². The van der Waals surface area contributed by atoms with Gasteiger partial charge in [-0.25, -0.2) is 9.97 Å². The van der Waals surface area contributed by atoms with E-state index in [-0.39, 0.29) is 5.41 Å². The smallest absolute Gasteiger partial charge is 0.115 e. The summed E-state index contributed by atoms with van der Waals surface area (Å²) in [7, 11) is 0. The summed E-state index contributed by atoms with van der Waals surface area (Å²) in [5.41, 5.74) is 1.05. The Labute approximate surface area is 79.4 Å². The van der Waals surface area contributed by atoms with Crippen molar-refractivity contribution in [2.24, 2.45) is 5.41 Å². The predicted octanol–water partition coefficient (Wildman–Crippen LogP) is 2.07. The second-order valence-corrected chi connectivity index (χ2v) is 3.93. The summed E-state index contributed by atoms with van der Waals surface area (Å²) < 4.78 is 0. The van der Waals surface area contributed by atoms with Gasteiger partial charge >= 0.3 is 0 Å². The highest BCUT2D eigenvalue weighted by molar-refractivity contribution is 5.14. The minimum Gasteiger partial charge on any atom is -0.245 e. The maximum atomic E-state index is 4.08. The van der Waals surface area contributed by atoms with Gasteiger partial charge in [-0.1, -0.05) is 11.8 Å². The molecule has 2 heteroatoms. The van der Waals surface area contributed by atoms with Crippen LogP contribution >= 0.6 is 0 Å². The van der Waals surface area contributed by atoms with Crippen LogP contribution in [-0.4, -0.2) is 9.97 Å². The van der Waals surface area contributed by atoms with Gasteiger partial charge in [0.05, 0.1) is 12.1 Å². The molecule has 0 amide bonds. The highest BCUT2D eigenvalue weighted by atomic mass is 14.8. The van der Waals surface area contributed by atoms with Crippen molar-refractivity contribution in [2.75, 3.05) is 0 Å². The van der Waals surface area contributed by atoms with Crippen molar-refractivity contribution in [1.82, 2.24) is 9.97 Å². The summed E-state index contributed by atoms with van der Waals surface area (Å²) in [6.45, 7) is 6.29. The lowest BCUT2D eigenvalue weighted by molar-refractivity contribution is 0.570. The number of hydrogen-bond donors (Lipinski definition) is 0. The molecule has 0 N–H and O–H groups in total. The van der Waals surface area contributed by atoms with Crippen molar-refractivity contribution >= 4 is 0 Å². The Hall–Kier alpha value is -1.36. The molecule has 0 aliphatic rings. The van der Waals surface area contributed by atoms with Crippen LogP contribution in [0.3, 0.4) is 0 Å². The molecule has 0 aromatic carbocycles. The molecular weight excluding hydrogens is 160 g/mol. The van der Waals surface area contributed by atoms with E-state index in [0.29, 0.717) is 6.42 Å². The molecule has 0 bridgehead atoms. The summed E-state index contributed by atoms with van der Waals surface area (Å²) >= 11 is 0. The quantitative estimate of drug-likeness (QED) is 0.609. The largest absolute Gasteiger partial charge is 0.245 e. The number of nitrogens with zero attached hydrogens (tertiary/aromatic N) is 2. The van der Waals surface area contributed by atoms with Crippen LogP contribution in [0.5, 0.6) is 0 Å². The Bertz CT molecular complexity index is 311. The highest BCUT2D eigenvalue weighted by Gasteiger charge is 2.02. The zero-order valence-corrected chi connectivity index (χ0v) is 8.33. The maximum Gasteiger partial charge on any atom is 0.115 e. The van der Waals surface area contributed by atoms with E-state index in [1.54, 1.807) is 12.5 Å². The van der Waals surface area contributed by atoms with Crippen LogP contribution in [0.1, 0.15) is 26.5 Å². The molecule has 1 heterocycles. The molecule has 0 aliphatic carbocycles. The topological polar surface area (TPSA) is 25.8 Å². The van der Waals surface area contributed by atoms with Gasteiger partial charge in [-0.05, 0) is 26.8 Å². The van der Waals surface area contributed by atoms with E-state index in [2.05, 4.69) is 42.6 Å². The Kier molecular flexibility index (Phi) is 3.02. The molecular formula is C11H14N2. The lowest BCUT2D eigenvalue weighted by atomic mass is 9.98. The molecule has 13 heavy (non-hydrogen) atoms. The third kappa shape index (κ3) is 4.27. The zero-order valence-electron chi connectivity index (χ0n) is 8.33. The van der Waals surface area contributed by atoms with Crippen LogP contribution in [0, 0.1) is 17.3 Å². The van der Waals surface area contributed by atoms with Crippen molar-refractivity contribution in [3.05, 3.63) is 24.3 Å². The Balaban J connectivity index is 2.56. The molecule has 0 saturated carbocycles. The van der Waals surface area contributed by atoms with E-state index < -0.39 is 0 Å². The number of rotatable bonds is 1. The average Bonchev–Trinajstić information content (AvgIpc) is 2.04. The maximum absolute atomic E-state index is 4.08. The first-order valence-electron chi connectivity index (χ1n) is 4.33. The fourth-order valence-electron chi connectivity index (χ4n) is 0.823. The van der Waals surface area contributed by atoms with Gasteiger partial charge in [-0.3, -0.25) is 0 Å². The van der Waals surface area contributed by atoms with E-state index in [1.807, 2.05) is 6.07 Å². The standard InChI is InChI=1S/C11H14N2/c1-11(2,3)7-4-5-10-6-8-12-9-13-10/h6,8-9H,5H2,1-3H3. The molecule has 0 unspecified atom stereocenters. The van der Waals surface area contributed by atoms with Crippen molar-refractivity contribution < 1.29 is 0 Å². The first-order valence-corrected chi connectivity index (χ1v) is 4.33. The summed E-state index contributed by atoms with van der Waals surface area (Å²) in [5, 5.41) is 0. The Morgan fingerprint density at radius 2 is 2.15 bits per heavy atom. The molecule has 0 atom stereocenters. The Morgan fingerprint density at radius 1 is 1.38 bits per heavy atom.